The Morgan fingerprint density at radius 3 is 2.73 bits per heavy atom. The average Bonchev–Trinajstić information content (AvgIpc) is 3.08. The van der Waals surface area contributed by atoms with E-state index in [4.69, 9.17) is 0 Å². The van der Waals surface area contributed by atoms with Crippen molar-refractivity contribution in [1.29, 1.82) is 5.26 Å². The van der Waals surface area contributed by atoms with Crippen LogP contribution in [-0.2, 0) is 11.2 Å². The third-order valence-corrected chi connectivity index (χ3v) is 5.23. The summed E-state index contributed by atoms with van der Waals surface area (Å²) >= 11 is 1.39. The summed E-state index contributed by atoms with van der Waals surface area (Å²) in [6.07, 6.45) is 1.07. The SMILES string of the molecule is CC(C)Cc1ccc(C#N)c(SCCC(=O)Nc2cc(=O)n(-c3ccccc3)[nH]2)n1. The minimum absolute atomic E-state index is 0.221. The number of hydrogen-bond acceptors (Lipinski definition) is 5. The maximum Gasteiger partial charge on any atom is 0.273 e. The molecule has 0 unspecified atom stereocenters. The van der Waals surface area contributed by atoms with Gasteiger partial charge in [-0.05, 0) is 36.6 Å². The van der Waals surface area contributed by atoms with Crippen molar-refractivity contribution in [2.75, 3.05) is 11.1 Å². The number of carbonyl (C=O) groups excluding carboxylic acids is 1. The van der Waals surface area contributed by atoms with Crippen molar-refractivity contribution in [1.82, 2.24) is 14.8 Å². The number of hydrogen-bond donors (Lipinski definition) is 2. The van der Waals surface area contributed by atoms with Crippen LogP contribution in [0.5, 0.6) is 0 Å². The number of carbonyl (C=O) groups is 1. The van der Waals surface area contributed by atoms with Crippen LogP contribution in [0.2, 0.25) is 0 Å². The van der Waals surface area contributed by atoms with Gasteiger partial charge in [0.05, 0.1) is 11.3 Å². The fraction of sp³-hybridized carbons (Fsp3) is 0.273. The van der Waals surface area contributed by atoms with Gasteiger partial charge in [-0.2, -0.15) is 5.26 Å². The number of thioether (sulfide) groups is 1. The smallest absolute Gasteiger partial charge is 0.273 e. The summed E-state index contributed by atoms with van der Waals surface area (Å²) < 4.78 is 1.37. The van der Waals surface area contributed by atoms with Crippen molar-refractivity contribution in [2.24, 2.45) is 5.92 Å². The second-order valence-corrected chi connectivity index (χ2v) is 8.27. The molecule has 30 heavy (non-hydrogen) atoms. The zero-order valence-corrected chi connectivity index (χ0v) is 17.7. The number of aromatic amines is 1. The van der Waals surface area contributed by atoms with Gasteiger partial charge in [-0.1, -0.05) is 32.0 Å². The highest BCUT2D eigenvalue weighted by atomic mass is 32.2. The molecule has 2 N–H and O–H groups in total. The summed E-state index contributed by atoms with van der Waals surface area (Å²) in [4.78, 5) is 29.0. The number of anilines is 1. The highest BCUT2D eigenvalue weighted by molar-refractivity contribution is 7.99. The molecule has 1 amide bonds. The fourth-order valence-corrected chi connectivity index (χ4v) is 3.82. The first-order valence-corrected chi connectivity index (χ1v) is 10.6. The van der Waals surface area contributed by atoms with Gasteiger partial charge < -0.3 is 5.32 Å². The Hall–Kier alpha value is -3.31. The number of amides is 1. The monoisotopic (exact) mass is 421 g/mol. The van der Waals surface area contributed by atoms with Crippen molar-refractivity contribution in [2.45, 2.75) is 31.7 Å². The molecule has 3 aromatic rings. The van der Waals surface area contributed by atoms with Crippen LogP contribution in [0, 0.1) is 17.2 Å². The Bertz CT molecular complexity index is 1110. The molecule has 0 aliphatic rings. The Morgan fingerprint density at radius 1 is 1.27 bits per heavy atom. The van der Waals surface area contributed by atoms with Crippen molar-refractivity contribution < 1.29 is 4.79 Å². The van der Waals surface area contributed by atoms with Gasteiger partial charge in [-0.15, -0.1) is 11.8 Å². The van der Waals surface area contributed by atoms with Crippen LogP contribution >= 0.6 is 11.8 Å². The summed E-state index contributed by atoms with van der Waals surface area (Å²) in [5.74, 6) is 1.07. The molecule has 0 atom stereocenters. The molecule has 0 aliphatic carbocycles. The Morgan fingerprint density at radius 2 is 2.03 bits per heavy atom. The highest BCUT2D eigenvalue weighted by Crippen LogP contribution is 2.22. The maximum atomic E-state index is 12.3. The van der Waals surface area contributed by atoms with Crippen LogP contribution in [0.1, 0.15) is 31.5 Å². The van der Waals surface area contributed by atoms with Crippen molar-refractivity contribution in [3.8, 4) is 11.8 Å². The van der Waals surface area contributed by atoms with Gasteiger partial charge >= 0.3 is 0 Å². The fourth-order valence-electron chi connectivity index (χ4n) is 2.89. The summed E-state index contributed by atoms with van der Waals surface area (Å²) in [6, 6.07) is 16.3. The second-order valence-electron chi connectivity index (χ2n) is 7.19. The standard InChI is InChI=1S/C22H23N5O2S/c1-15(2)12-17-9-8-16(14-23)22(24-17)30-11-10-20(28)25-19-13-21(29)27(26-19)18-6-4-3-5-7-18/h3-9,13,15,26H,10-12H2,1-2H3,(H,25,28). The molecule has 3 rings (SSSR count). The molecule has 1 aromatic carbocycles. The van der Waals surface area contributed by atoms with Gasteiger partial charge in [-0.25, -0.2) is 9.67 Å². The summed E-state index contributed by atoms with van der Waals surface area (Å²) in [7, 11) is 0. The molecule has 0 aliphatic heterocycles. The molecule has 0 saturated carbocycles. The Labute approximate surface area is 179 Å². The number of pyridine rings is 1. The van der Waals surface area contributed by atoms with E-state index in [9.17, 15) is 14.9 Å². The number of H-pyrrole nitrogens is 1. The number of aromatic nitrogens is 3. The van der Waals surface area contributed by atoms with Crippen LogP contribution in [0.25, 0.3) is 5.69 Å². The number of benzene rings is 1. The lowest BCUT2D eigenvalue weighted by Crippen LogP contribution is -2.14. The largest absolute Gasteiger partial charge is 0.311 e. The van der Waals surface area contributed by atoms with E-state index in [1.807, 2.05) is 24.3 Å². The number of rotatable bonds is 8. The van der Waals surface area contributed by atoms with E-state index >= 15 is 0 Å². The van der Waals surface area contributed by atoms with Crippen LogP contribution in [0.4, 0.5) is 5.82 Å². The van der Waals surface area contributed by atoms with E-state index < -0.39 is 0 Å². The minimum Gasteiger partial charge on any atom is -0.311 e. The van der Waals surface area contributed by atoms with E-state index in [2.05, 4.69) is 35.3 Å². The number of nitrogens with one attached hydrogen (secondary N) is 2. The van der Waals surface area contributed by atoms with E-state index in [-0.39, 0.29) is 17.9 Å². The average molecular weight is 422 g/mol. The zero-order valence-electron chi connectivity index (χ0n) is 16.9. The van der Waals surface area contributed by atoms with Gasteiger partial charge in [0.1, 0.15) is 16.9 Å². The predicted molar refractivity (Wildman–Crippen MR) is 118 cm³/mol. The molecule has 0 spiro atoms. The van der Waals surface area contributed by atoms with Gasteiger partial charge in [0.2, 0.25) is 5.91 Å². The molecule has 0 radical (unpaired) electrons. The number of nitriles is 1. The summed E-state index contributed by atoms with van der Waals surface area (Å²) in [6.45, 7) is 4.24. The molecule has 2 aromatic heterocycles. The molecule has 8 heteroatoms. The third-order valence-electron chi connectivity index (χ3n) is 4.23. The normalized spacial score (nSPS) is 10.7. The van der Waals surface area contributed by atoms with E-state index in [1.54, 1.807) is 18.2 Å². The third kappa shape index (κ3) is 5.61. The lowest BCUT2D eigenvalue weighted by Gasteiger charge is -2.08. The Balaban J connectivity index is 1.58. The van der Waals surface area contributed by atoms with Crippen LogP contribution in [-0.4, -0.2) is 26.4 Å². The first-order valence-electron chi connectivity index (χ1n) is 9.66. The lowest BCUT2D eigenvalue weighted by atomic mass is 10.1. The maximum absolute atomic E-state index is 12.3. The van der Waals surface area contributed by atoms with Gasteiger partial charge in [0, 0.05) is 23.9 Å². The van der Waals surface area contributed by atoms with Gasteiger partial charge in [0.15, 0.2) is 0 Å². The molecular weight excluding hydrogens is 398 g/mol. The van der Waals surface area contributed by atoms with Crippen molar-refractivity contribution >= 4 is 23.5 Å². The van der Waals surface area contributed by atoms with Crippen LogP contribution in [0.15, 0.2) is 58.4 Å². The topological polar surface area (TPSA) is 104 Å². The van der Waals surface area contributed by atoms with Gasteiger partial charge in [-0.3, -0.25) is 14.7 Å². The highest BCUT2D eigenvalue weighted by Gasteiger charge is 2.11. The Kier molecular flexibility index (Phi) is 7.09. The lowest BCUT2D eigenvalue weighted by molar-refractivity contribution is -0.115. The molecule has 7 nitrogen and oxygen atoms in total. The number of para-hydroxylation sites is 1. The molecule has 0 fully saturated rings. The number of nitrogens with zero attached hydrogens (tertiary/aromatic N) is 3. The summed E-state index contributed by atoms with van der Waals surface area (Å²) in [5, 5.41) is 15.5. The second kappa shape index (κ2) is 9.94. The van der Waals surface area contributed by atoms with E-state index in [1.165, 1.54) is 22.5 Å². The minimum atomic E-state index is -0.254. The quantitative estimate of drug-likeness (QED) is 0.539. The predicted octanol–water partition coefficient (Wildman–Crippen LogP) is 3.75. The molecule has 0 saturated heterocycles. The van der Waals surface area contributed by atoms with Gasteiger partial charge in [0.25, 0.3) is 5.56 Å². The zero-order chi connectivity index (χ0) is 21.5. The van der Waals surface area contributed by atoms with Crippen molar-refractivity contribution in [3.05, 3.63) is 70.1 Å². The first kappa shape index (κ1) is 21.4. The molecular formula is C22H23N5O2S. The van der Waals surface area contributed by atoms with Crippen molar-refractivity contribution in [3.63, 3.8) is 0 Å². The summed E-state index contributed by atoms with van der Waals surface area (Å²) in [5.41, 5.74) is 1.89. The molecule has 0 bridgehead atoms. The molecule has 2 heterocycles. The van der Waals surface area contributed by atoms with Crippen LogP contribution in [0.3, 0.4) is 0 Å². The molecule has 154 valence electrons. The van der Waals surface area contributed by atoms with Crippen LogP contribution < -0.4 is 10.9 Å². The van der Waals surface area contributed by atoms with E-state index in [0.29, 0.717) is 33.8 Å². The van der Waals surface area contributed by atoms with E-state index in [0.717, 1.165) is 12.1 Å². The first-order chi connectivity index (χ1) is 14.5.